The topological polar surface area (TPSA) is 64.1 Å². The van der Waals surface area contributed by atoms with Crippen molar-refractivity contribution in [1.82, 2.24) is 9.55 Å². The summed E-state index contributed by atoms with van der Waals surface area (Å²) in [6.45, 7) is 0. The van der Waals surface area contributed by atoms with Crippen LogP contribution in [0.2, 0.25) is 0 Å². The van der Waals surface area contributed by atoms with Crippen molar-refractivity contribution in [2.45, 2.75) is 0 Å². The zero-order chi connectivity index (χ0) is 19.1. The summed E-state index contributed by atoms with van der Waals surface area (Å²) in [6, 6.07) is 22.8. The van der Waals surface area contributed by atoms with Gasteiger partial charge in [0, 0.05) is 17.2 Å². The highest BCUT2D eigenvalue weighted by molar-refractivity contribution is 7.71. The maximum atomic E-state index is 13.4. The molecule has 0 amide bonds. The van der Waals surface area contributed by atoms with Crippen LogP contribution in [0.5, 0.6) is 0 Å². The number of aromatic amines is 1. The minimum absolute atomic E-state index is 0.209. The van der Waals surface area contributed by atoms with Crippen LogP contribution < -0.4 is 5.56 Å². The minimum Gasteiger partial charge on any atom is -0.448 e. The van der Waals surface area contributed by atoms with E-state index < -0.39 is 0 Å². The second-order valence-electron chi connectivity index (χ2n) is 6.26. The van der Waals surface area contributed by atoms with Crippen LogP contribution >= 0.6 is 12.2 Å². The molecular formula is C22H14N2O3S. The van der Waals surface area contributed by atoms with Crippen LogP contribution in [0.15, 0.2) is 92.7 Å². The molecule has 1 N–H and O–H groups in total. The summed E-state index contributed by atoms with van der Waals surface area (Å²) in [6.07, 6.45) is 1.50. The van der Waals surface area contributed by atoms with Crippen molar-refractivity contribution in [3.8, 4) is 28.3 Å². The summed E-state index contributed by atoms with van der Waals surface area (Å²) in [7, 11) is 0. The van der Waals surface area contributed by atoms with Gasteiger partial charge in [-0.3, -0.25) is 4.79 Å². The van der Waals surface area contributed by atoms with Crippen molar-refractivity contribution < 1.29 is 8.83 Å². The van der Waals surface area contributed by atoms with E-state index in [4.69, 9.17) is 21.1 Å². The molecule has 28 heavy (non-hydrogen) atoms. The fraction of sp³-hybridized carbons (Fsp3) is 0. The lowest BCUT2D eigenvalue weighted by molar-refractivity contribution is 0.529. The molecule has 0 atom stereocenters. The average Bonchev–Trinajstić information content (AvgIpc) is 3.37. The molecule has 0 bridgehead atoms. The number of nitrogens with one attached hydrogen (secondary N) is 1. The second kappa shape index (κ2) is 6.51. The summed E-state index contributed by atoms with van der Waals surface area (Å²) in [5.41, 5.74) is 2.53. The van der Waals surface area contributed by atoms with Gasteiger partial charge in [-0.1, -0.05) is 60.7 Å². The third-order valence-corrected chi connectivity index (χ3v) is 4.86. The molecule has 5 aromatic rings. The summed E-state index contributed by atoms with van der Waals surface area (Å²) in [5, 5.41) is 0.426. The molecule has 0 spiro atoms. The van der Waals surface area contributed by atoms with Crippen LogP contribution in [0.25, 0.3) is 39.4 Å². The Bertz CT molecular complexity index is 1380. The monoisotopic (exact) mass is 386 g/mol. The fourth-order valence-electron chi connectivity index (χ4n) is 3.35. The lowest BCUT2D eigenvalue weighted by Gasteiger charge is -2.05. The molecule has 0 aliphatic heterocycles. The predicted molar refractivity (Wildman–Crippen MR) is 110 cm³/mol. The maximum absolute atomic E-state index is 13.4. The quantitative estimate of drug-likeness (QED) is 0.412. The molecule has 0 unspecified atom stereocenters. The van der Waals surface area contributed by atoms with Crippen LogP contribution in [0.1, 0.15) is 0 Å². The molecule has 0 radical (unpaired) electrons. The first-order valence-corrected chi connectivity index (χ1v) is 9.11. The molecule has 0 aliphatic rings. The van der Waals surface area contributed by atoms with Crippen LogP contribution in [0.4, 0.5) is 0 Å². The van der Waals surface area contributed by atoms with E-state index in [2.05, 4.69) is 4.98 Å². The van der Waals surface area contributed by atoms with Crippen molar-refractivity contribution >= 4 is 23.3 Å². The summed E-state index contributed by atoms with van der Waals surface area (Å²) >= 11 is 5.39. The van der Waals surface area contributed by atoms with E-state index in [1.165, 1.54) is 10.8 Å². The SMILES string of the molecule is O=c1c2c(-c3ccccc3)c(-c3ccccc3)oc2[nH]c(=S)n1-c1ccco1. The van der Waals surface area contributed by atoms with Crippen molar-refractivity contribution in [2.24, 2.45) is 0 Å². The Hall–Kier alpha value is -3.64. The highest BCUT2D eigenvalue weighted by Gasteiger charge is 2.23. The number of hydrogen-bond donors (Lipinski definition) is 1. The average molecular weight is 386 g/mol. The van der Waals surface area contributed by atoms with Gasteiger partial charge in [-0.2, -0.15) is 0 Å². The van der Waals surface area contributed by atoms with E-state index >= 15 is 0 Å². The normalized spacial score (nSPS) is 11.1. The molecule has 6 heteroatoms. The van der Waals surface area contributed by atoms with E-state index in [0.717, 1.165) is 16.7 Å². The summed E-state index contributed by atoms with van der Waals surface area (Å²) in [4.78, 5) is 16.5. The van der Waals surface area contributed by atoms with Crippen molar-refractivity contribution in [3.63, 3.8) is 0 Å². The number of H-pyrrole nitrogens is 1. The van der Waals surface area contributed by atoms with Gasteiger partial charge in [0.15, 0.2) is 4.77 Å². The second-order valence-corrected chi connectivity index (χ2v) is 6.65. The van der Waals surface area contributed by atoms with Gasteiger partial charge in [0.25, 0.3) is 5.56 Å². The van der Waals surface area contributed by atoms with Crippen LogP contribution in [0, 0.1) is 4.77 Å². The number of benzene rings is 2. The van der Waals surface area contributed by atoms with Gasteiger partial charge in [0.05, 0.1) is 6.26 Å². The molecule has 0 saturated heterocycles. The Morgan fingerprint density at radius 3 is 2.18 bits per heavy atom. The lowest BCUT2D eigenvalue weighted by atomic mass is 10.00. The molecule has 0 saturated carbocycles. The third kappa shape index (κ3) is 2.54. The maximum Gasteiger partial charge on any atom is 0.273 e. The number of nitrogens with zero attached hydrogens (tertiary/aromatic N) is 1. The Morgan fingerprint density at radius 2 is 1.54 bits per heavy atom. The Morgan fingerprint density at radius 1 is 0.857 bits per heavy atom. The van der Waals surface area contributed by atoms with E-state index in [-0.39, 0.29) is 10.3 Å². The molecule has 5 nitrogen and oxygen atoms in total. The lowest BCUT2D eigenvalue weighted by Crippen LogP contribution is -2.19. The number of furan rings is 2. The first kappa shape index (κ1) is 16.5. The van der Waals surface area contributed by atoms with E-state index in [0.29, 0.717) is 22.7 Å². The molecule has 5 rings (SSSR count). The first-order chi connectivity index (χ1) is 13.7. The Labute approximate surface area is 164 Å². The van der Waals surface area contributed by atoms with Gasteiger partial charge in [-0.25, -0.2) is 4.57 Å². The van der Waals surface area contributed by atoms with E-state index in [9.17, 15) is 4.79 Å². The number of rotatable bonds is 3. The van der Waals surface area contributed by atoms with Crippen molar-refractivity contribution in [3.05, 3.63) is 94.2 Å². The van der Waals surface area contributed by atoms with Gasteiger partial charge in [-0.05, 0) is 23.8 Å². The molecular weight excluding hydrogens is 372 g/mol. The van der Waals surface area contributed by atoms with Crippen LogP contribution in [-0.2, 0) is 0 Å². The van der Waals surface area contributed by atoms with Crippen LogP contribution in [0.3, 0.4) is 0 Å². The Balaban J connectivity index is 1.94. The first-order valence-electron chi connectivity index (χ1n) is 8.70. The minimum atomic E-state index is -0.293. The Kier molecular flexibility index (Phi) is 3.84. The summed E-state index contributed by atoms with van der Waals surface area (Å²) < 4.78 is 13.1. The molecule has 3 heterocycles. The van der Waals surface area contributed by atoms with Gasteiger partial charge in [-0.15, -0.1) is 0 Å². The molecule has 2 aromatic carbocycles. The third-order valence-electron chi connectivity index (χ3n) is 4.57. The van der Waals surface area contributed by atoms with Crippen LogP contribution in [-0.4, -0.2) is 9.55 Å². The zero-order valence-corrected chi connectivity index (χ0v) is 15.4. The molecule has 136 valence electrons. The summed E-state index contributed by atoms with van der Waals surface area (Å²) in [5.74, 6) is 0.969. The number of aromatic nitrogens is 2. The van der Waals surface area contributed by atoms with Crippen molar-refractivity contribution in [2.75, 3.05) is 0 Å². The zero-order valence-electron chi connectivity index (χ0n) is 14.6. The van der Waals surface area contributed by atoms with E-state index in [1.807, 2.05) is 60.7 Å². The van der Waals surface area contributed by atoms with Crippen molar-refractivity contribution in [1.29, 1.82) is 0 Å². The van der Waals surface area contributed by atoms with E-state index in [1.54, 1.807) is 12.1 Å². The van der Waals surface area contributed by atoms with Gasteiger partial charge < -0.3 is 13.8 Å². The molecule has 3 aromatic heterocycles. The highest BCUT2D eigenvalue weighted by Crippen LogP contribution is 2.38. The standard InChI is InChI=1S/C22H14N2O3S/c25-21-18-17(14-8-3-1-4-9-14)19(15-10-5-2-6-11-15)27-20(18)23-22(28)24(21)16-12-7-13-26-16/h1-13H,(H,23,28). The largest absolute Gasteiger partial charge is 0.448 e. The molecule has 0 aliphatic carbocycles. The number of hydrogen-bond acceptors (Lipinski definition) is 4. The predicted octanol–water partition coefficient (Wildman–Crippen LogP) is 5.57. The molecule has 0 fully saturated rings. The smallest absolute Gasteiger partial charge is 0.273 e. The van der Waals surface area contributed by atoms with Gasteiger partial charge in [0.1, 0.15) is 11.1 Å². The highest BCUT2D eigenvalue weighted by atomic mass is 32.1. The number of fused-ring (bicyclic) bond motifs is 1. The fourth-order valence-corrected chi connectivity index (χ4v) is 3.62. The van der Waals surface area contributed by atoms with Gasteiger partial charge >= 0.3 is 0 Å². The van der Waals surface area contributed by atoms with Gasteiger partial charge in [0.2, 0.25) is 11.6 Å².